The molecule has 2 atom stereocenters. The van der Waals surface area contributed by atoms with Gasteiger partial charge in [-0.15, -0.1) is 0 Å². The Morgan fingerprint density at radius 2 is 2.07 bits per heavy atom. The molecule has 2 aromatic heterocycles. The van der Waals surface area contributed by atoms with Gasteiger partial charge < -0.3 is 0 Å². The second kappa shape index (κ2) is 6.63. The molecule has 1 aliphatic rings. The van der Waals surface area contributed by atoms with Crippen LogP contribution in [0.5, 0.6) is 0 Å². The average molecular weight is 400 g/mol. The summed E-state index contributed by atoms with van der Waals surface area (Å²) in [4.78, 5) is 18.1. The minimum atomic E-state index is -1.23. The SMILES string of the molecule is Cc1cc([C@@H](C)N[S@](=O)C(C)(C)C)c2nc3n(c(=O)c2c1)CCc1[nH]ncc1-3. The number of nitrogens with one attached hydrogen (secondary N) is 2. The molecule has 0 aliphatic carbocycles. The highest BCUT2D eigenvalue weighted by Crippen LogP contribution is 2.30. The molecule has 0 radical (unpaired) electrons. The Morgan fingerprint density at radius 1 is 1.32 bits per heavy atom. The number of aryl methyl sites for hydroxylation is 2. The van der Waals surface area contributed by atoms with Crippen LogP contribution in [0.2, 0.25) is 0 Å². The summed E-state index contributed by atoms with van der Waals surface area (Å²) < 4.78 is 17.1. The molecule has 0 saturated heterocycles. The minimum absolute atomic E-state index is 0.0408. The molecule has 1 aromatic carbocycles. The molecule has 3 heterocycles. The Balaban J connectivity index is 1.91. The lowest BCUT2D eigenvalue weighted by atomic mass is 10.0. The van der Waals surface area contributed by atoms with Crippen LogP contribution >= 0.6 is 0 Å². The van der Waals surface area contributed by atoms with Gasteiger partial charge in [0, 0.05) is 24.7 Å². The molecule has 1 aliphatic heterocycles. The Bertz CT molecular complexity index is 1160. The lowest BCUT2D eigenvalue weighted by molar-refractivity contribution is 0.616. The summed E-state index contributed by atoms with van der Waals surface area (Å²) in [6.07, 6.45) is 2.46. The summed E-state index contributed by atoms with van der Waals surface area (Å²) in [6.45, 7) is 10.3. The van der Waals surface area contributed by atoms with Gasteiger partial charge in [0.2, 0.25) is 0 Å². The number of rotatable bonds is 3. The van der Waals surface area contributed by atoms with E-state index in [4.69, 9.17) is 4.98 Å². The van der Waals surface area contributed by atoms with E-state index in [1.807, 2.05) is 46.8 Å². The highest BCUT2D eigenvalue weighted by molar-refractivity contribution is 7.84. The molecule has 2 N–H and O–H groups in total. The van der Waals surface area contributed by atoms with Gasteiger partial charge in [0.1, 0.15) is 5.82 Å². The van der Waals surface area contributed by atoms with Crippen molar-refractivity contribution in [1.82, 2.24) is 24.5 Å². The van der Waals surface area contributed by atoms with Gasteiger partial charge in [-0.25, -0.2) is 13.9 Å². The molecule has 8 heteroatoms. The monoisotopic (exact) mass is 399 g/mol. The molecule has 148 valence electrons. The first-order chi connectivity index (χ1) is 13.2. The van der Waals surface area contributed by atoms with E-state index in [2.05, 4.69) is 14.9 Å². The van der Waals surface area contributed by atoms with Crippen molar-refractivity contribution in [3.05, 3.63) is 45.5 Å². The van der Waals surface area contributed by atoms with Crippen LogP contribution in [0.15, 0.2) is 23.1 Å². The number of hydrogen-bond donors (Lipinski definition) is 2. The van der Waals surface area contributed by atoms with E-state index in [0.29, 0.717) is 23.3 Å². The quantitative estimate of drug-likeness (QED) is 0.708. The number of fused-ring (bicyclic) bond motifs is 4. The predicted octanol–water partition coefficient (Wildman–Crippen LogP) is 2.76. The van der Waals surface area contributed by atoms with E-state index in [-0.39, 0.29) is 16.3 Å². The van der Waals surface area contributed by atoms with Crippen LogP contribution in [0, 0.1) is 6.92 Å². The number of aromatic amines is 1. The van der Waals surface area contributed by atoms with E-state index in [1.165, 1.54) is 0 Å². The van der Waals surface area contributed by atoms with Gasteiger partial charge >= 0.3 is 0 Å². The highest BCUT2D eigenvalue weighted by Gasteiger charge is 2.26. The summed E-state index contributed by atoms with van der Waals surface area (Å²) in [6, 6.07) is 3.69. The number of hydrogen-bond acceptors (Lipinski definition) is 4. The van der Waals surface area contributed by atoms with Crippen LogP contribution in [0.4, 0.5) is 0 Å². The molecular weight excluding hydrogens is 374 g/mol. The Hall–Kier alpha value is -2.32. The third-order valence-electron chi connectivity index (χ3n) is 5.08. The first-order valence-corrected chi connectivity index (χ1v) is 10.6. The van der Waals surface area contributed by atoms with E-state index in [9.17, 15) is 9.00 Å². The van der Waals surface area contributed by atoms with E-state index in [0.717, 1.165) is 28.8 Å². The molecule has 4 rings (SSSR count). The summed E-state index contributed by atoms with van der Waals surface area (Å²) in [5.74, 6) is 0.641. The van der Waals surface area contributed by atoms with Gasteiger partial charge in [0.15, 0.2) is 0 Å². The summed E-state index contributed by atoms with van der Waals surface area (Å²) in [7, 11) is -1.23. The van der Waals surface area contributed by atoms with Crippen LogP contribution < -0.4 is 10.3 Å². The topological polar surface area (TPSA) is 92.7 Å². The second-order valence-electron chi connectivity index (χ2n) is 8.38. The molecule has 0 spiro atoms. The number of aromatic nitrogens is 4. The van der Waals surface area contributed by atoms with Gasteiger partial charge in [-0.1, -0.05) is 6.07 Å². The fourth-order valence-electron chi connectivity index (χ4n) is 3.57. The molecule has 0 saturated carbocycles. The number of benzene rings is 1. The molecule has 3 aromatic rings. The minimum Gasteiger partial charge on any atom is -0.292 e. The van der Waals surface area contributed by atoms with Crippen LogP contribution in [0.1, 0.15) is 50.6 Å². The zero-order valence-corrected chi connectivity index (χ0v) is 17.6. The normalized spacial score (nSPS) is 15.9. The largest absolute Gasteiger partial charge is 0.292 e. The first kappa shape index (κ1) is 19.0. The Morgan fingerprint density at radius 3 is 2.79 bits per heavy atom. The van der Waals surface area contributed by atoms with Crippen molar-refractivity contribution in [1.29, 1.82) is 0 Å². The maximum absolute atomic E-state index is 13.2. The number of H-pyrrole nitrogens is 1. The third-order valence-corrected chi connectivity index (χ3v) is 6.76. The zero-order valence-electron chi connectivity index (χ0n) is 16.8. The fraction of sp³-hybridized carbons (Fsp3) is 0.450. The fourth-order valence-corrected chi connectivity index (χ4v) is 4.37. The van der Waals surface area contributed by atoms with Crippen molar-refractivity contribution in [2.75, 3.05) is 0 Å². The molecule has 28 heavy (non-hydrogen) atoms. The van der Waals surface area contributed by atoms with Gasteiger partial charge in [-0.3, -0.25) is 14.5 Å². The highest BCUT2D eigenvalue weighted by atomic mass is 32.2. The predicted molar refractivity (Wildman–Crippen MR) is 111 cm³/mol. The Kier molecular flexibility index (Phi) is 4.50. The van der Waals surface area contributed by atoms with Crippen LogP contribution in [0.25, 0.3) is 22.3 Å². The zero-order chi connectivity index (χ0) is 20.2. The van der Waals surface area contributed by atoms with Crippen molar-refractivity contribution >= 4 is 21.9 Å². The molecule has 7 nitrogen and oxygen atoms in total. The summed E-state index contributed by atoms with van der Waals surface area (Å²) >= 11 is 0. The lowest BCUT2D eigenvalue weighted by Crippen LogP contribution is -2.35. The van der Waals surface area contributed by atoms with E-state index >= 15 is 0 Å². The van der Waals surface area contributed by atoms with Gasteiger partial charge in [0.25, 0.3) is 5.56 Å². The standard InChI is InChI=1S/C20H25N5O2S/c1-11-8-13(12(2)24-28(27)20(3,4)5)17-14(9-11)19(26)25-7-6-16-15(10-21-23-16)18(25)22-17/h8-10,12,24H,6-7H2,1-5H3,(H,21,23)/t12-,28-/m1/s1. The third kappa shape index (κ3) is 3.10. The molecular formula is C20H25N5O2S. The maximum atomic E-state index is 13.2. The van der Waals surface area contributed by atoms with Gasteiger partial charge in [-0.05, 0) is 51.8 Å². The molecule has 0 amide bonds. The van der Waals surface area contributed by atoms with Crippen LogP contribution in [0.3, 0.4) is 0 Å². The average Bonchev–Trinajstić information content (AvgIpc) is 3.10. The van der Waals surface area contributed by atoms with Crippen LogP contribution in [-0.2, 0) is 24.0 Å². The van der Waals surface area contributed by atoms with Crippen molar-refractivity contribution < 1.29 is 4.21 Å². The lowest BCUT2D eigenvalue weighted by Gasteiger charge is -2.24. The van der Waals surface area contributed by atoms with Gasteiger partial charge in [0.05, 0.1) is 38.4 Å². The second-order valence-corrected chi connectivity index (χ2v) is 10.4. The van der Waals surface area contributed by atoms with Crippen molar-refractivity contribution in [2.24, 2.45) is 0 Å². The van der Waals surface area contributed by atoms with Gasteiger partial charge in [-0.2, -0.15) is 5.10 Å². The smallest absolute Gasteiger partial charge is 0.261 e. The molecule has 0 unspecified atom stereocenters. The van der Waals surface area contributed by atoms with E-state index in [1.54, 1.807) is 10.8 Å². The van der Waals surface area contributed by atoms with E-state index < -0.39 is 11.0 Å². The number of nitrogens with zero attached hydrogens (tertiary/aromatic N) is 3. The van der Waals surface area contributed by atoms with Crippen LogP contribution in [-0.4, -0.2) is 28.7 Å². The maximum Gasteiger partial charge on any atom is 0.261 e. The summed E-state index contributed by atoms with van der Waals surface area (Å²) in [5, 5.41) is 7.71. The summed E-state index contributed by atoms with van der Waals surface area (Å²) in [5.41, 5.74) is 4.35. The Labute approximate surface area is 166 Å². The van der Waals surface area contributed by atoms with Crippen molar-refractivity contribution in [3.63, 3.8) is 0 Å². The molecule has 0 bridgehead atoms. The van der Waals surface area contributed by atoms with Crippen molar-refractivity contribution in [3.8, 4) is 11.4 Å². The molecule has 0 fully saturated rings. The first-order valence-electron chi connectivity index (χ1n) is 9.42. The van der Waals surface area contributed by atoms with Crippen molar-refractivity contribution in [2.45, 2.75) is 58.4 Å².